The minimum absolute atomic E-state index is 0.387. The zero-order chi connectivity index (χ0) is 10.5. The number of hydrogen-bond donors (Lipinski definition) is 2. The van der Waals surface area contributed by atoms with E-state index in [1.54, 1.807) is 6.92 Å². The molecule has 0 fully saturated rings. The van der Waals surface area contributed by atoms with E-state index in [0.29, 0.717) is 12.8 Å². The lowest BCUT2D eigenvalue weighted by Crippen LogP contribution is -2.47. The van der Waals surface area contributed by atoms with E-state index >= 15 is 0 Å². The zero-order valence-electron chi connectivity index (χ0n) is 8.30. The molecule has 0 aromatic carbocycles. The van der Waals surface area contributed by atoms with Gasteiger partial charge in [-0.05, 0) is 12.8 Å². The predicted octanol–water partition coefficient (Wildman–Crippen LogP) is 0.544. The molecule has 0 atom stereocenters. The lowest BCUT2D eigenvalue weighted by atomic mass is 9.79. The van der Waals surface area contributed by atoms with Crippen molar-refractivity contribution in [3.63, 3.8) is 0 Å². The van der Waals surface area contributed by atoms with E-state index in [0.717, 1.165) is 12.8 Å². The maximum Gasteiger partial charge on any atom is 0.233 e. The van der Waals surface area contributed by atoms with Crippen LogP contribution in [0.5, 0.6) is 0 Å². The maximum absolute atomic E-state index is 11.1. The molecule has 0 saturated carbocycles. The number of primary amides is 2. The number of amides is 2. The number of carbonyl (C=O) groups is 2. The van der Waals surface area contributed by atoms with Crippen molar-refractivity contribution in [2.45, 2.75) is 39.5 Å². The van der Waals surface area contributed by atoms with E-state index in [9.17, 15) is 9.59 Å². The standard InChI is InChI=1S/C9H18N2O2/c1-3-5-6-9(4-2,7(10)12)8(11)13/h3-6H2,1-2H3,(H2,10,12)(H2,11,13). The molecule has 76 valence electrons. The van der Waals surface area contributed by atoms with Crippen LogP contribution in [0.15, 0.2) is 0 Å². The van der Waals surface area contributed by atoms with Gasteiger partial charge in [0.25, 0.3) is 0 Å². The summed E-state index contributed by atoms with van der Waals surface area (Å²) < 4.78 is 0. The monoisotopic (exact) mass is 186 g/mol. The summed E-state index contributed by atoms with van der Waals surface area (Å²) in [6.45, 7) is 3.74. The highest BCUT2D eigenvalue weighted by Gasteiger charge is 2.40. The van der Waals surface area contributed by atoms with Gasteiger partial charge in [-0.1, -0.05) is 26.7 Å². The van der Waals surface area contributed by atoms with Crippen LogP contribution in [0.2, 0.25) is 0 Å². The van der Waals surface area contributed by atoms with Crippen LogP contribution >= 0.6 is 0 Å². The van der Waals surface area contributed by atoms with Crippen molar-refractivity contribution < 1.29 is 9.59 Å². The van der Waals surface area contributed by atoms with Crippen molar-refractivity contribution in [2.24, 2.45) is 16.9 Å². The molecule has 0 aromatic rings. The van der Waals surface area contributed by atoms with Gasteiger partial charge >= 0.3 is 0 Å². The summed E-state index contributed by atoms with van der Waals surface area (Å²) in [7, 11) is 0. The van der Waals surface area contributed by atoms with Crippen molar-refractivity contribution in [2.75, 3.05) is 0 Å². The molecule has 0 bridgehead atoms. The molecule has 0 unspecified atom stereocenters. The molecule has 0 aliphatic carbocycles. The molecule has 4 N–H and O–H groups in total. The Balaban J connectivity index is 4.66. The highest BCUT2D eigenvalue weighted by atomic mass is 16.2. The van der Waals surface area contributed by atoms with Gasteiger partial charge in [0.05, 0.1) is 0 Å². The van der Waals surface area contributed by atoms with Gasteiger partial charge in [0, 0.05) is 0 Å². The predicted molar refractivity (Wildman–Crippen MR) is 50.6 cm³/mol. The van der Waals surface area contributed by atoms with Crippen LogP contribution < -0.4 is 11.5 Å². The molecule has 4 heteroatoms. The van der Waals surface area contributed by atoms with Crippen molar-refractivity contribution in [1.29, 1.82) is 0 Å². The van der Waals surface area contributed by atoms with Crippen molar-refractivity contribution in [1.82, 2.24) is 0 Å². The van der Waals surface area contributed by atoms with Gasteiger partial charge in [-0.2, -0.15) is 0 Å². The van der Waals surface area contributed by atoms with Gasteiger partial charge in [-0.3, -0.25) is 9.59 Å². The second-order valence-electron chi connectivity index (χ2n) is 3.27. The Morgan fingerprint density at radius 1 is 1.15 bits per heavy atom. The van der Waals surface area contributed by atoms with Gasteiger partial charge in [0.15, 0.2) is 0 Å². The second kappa shape index (κ2) is 4.84. The molecule has 4 nitrogen and oxygen atoms in total. The molecule has 0 aromatic heterocycles. The van der Waals surface area contributed by atoms with Crippen molar-refractivity contribution in [3.05, 3.63) is 0 Å². The third-order valence-electron chi connectivity index (χ3n) is 2.50. The van der Waals surface area contributed by atoms with Crippen LogP contribution in [0.25, 0.3) is 0 Å². The van der Waals surface area contributed by atoms with E-state index in [4.69, 9.17) is 11.5 Å². The molecular weight excluding hydrogens is 168 g/mol. The molecule has 0 spiro atoms. The van der Waals surface area contributed by atoms with Crippen LogP contribution in [0, 0.1) is 5.41 Å². The Kier molecular flexibility index (Phi) is 4.45. The molecular formula is C9H18N2O2. The van der Waals surface area contributed by atoms with Gasteiger partial charge in [-0.25, -0.2) is 0 Å². The fraction of sp³-hybridized carbons (Fsp3) is 0.778. The smallest absolute Gasteiger partial charge is 0.233 e. The number of rotatable bonds is 6. The van der Waals surface area contributed by atoms with Crippen molar-refractivity contribution >= 4 is 11.8 Å². The maximum atomic E-state index is 11.1. The van der Waals surface area contributed by atoms with E-state index in [2.05, 4.69) is 0 Å². The summed E-state index contributed by atoms with van der Waals surface area (Å²) in [5, 5.41) is 0. The lowest BCUT2D eigenvalue weighted by Gasteiger charge is -2.25. The highest BCUT2D eigenvalue weighted by molar-refractivity contribution is 6.03. The topological polar surface area (TPSA) is 86.2 Å². The average Bonchev–Trinajstić information content (AvgIpc) is 2.05. The fourth-order valence-corrected chi connectivity index (χ4v) is 1.37. The van der Waals surface area contributed by atoms with E-state index in [1.807, 2.05) is 6.92 Å². The third kappa shape index (κ3) is 2.44. The van der Waals surface area contributed by atoms with Crippen LogP contribution in [0.3, 0.4) is 0 Å². The Bertz CT molecular complexity index is 188. The Morgan fingerprint density at radius 3 is 1.85 bits per heavy atom. The van der Waals surface area contributed by atoms with E-state index in [1.165, 1.54) is 0 Å². The molecule has 0 rings (SSSR count). The molecule has 0 heterocycles. The molecule has 0 saturated heterocycles. The largest absolute Gasteiger partial charge is 0.369 e. The zero-order valence-corrected chi connectivity index (χ0v) is 8.30. The molecule has 13 heavy (non-hydrogen) atoms. The van der Waals surface area contributed by atoms with Gasteiger partial charge < -0.3 is 11.5 Å². The number of hydrogen-bond acceptors (Lipinski definition) is 2. The summed E-state index contributed by atoms with van der Waals surface area (Å²) in [5.41, 5.74) is 9.24. The minimum Gasteiger partial charge on any atom is -0.369 e. The minimum atomic E-state index is -1.13. The number of nitrogens with two attached hydrogens (primary N) is 2. The van der Waals surface area contributed by atoms with Crippen molar-refractivity contribution in [3.8, 4) is 0 Å². The molecule has 2 amide bonds. The van der Waals surface area contributed by atoms with Crippen LogP contribution in [-0.2, 0) is 9.59 Å². The first-order chi connectivity index (χ1) is 6.01. The Morgan fingerprint density at radius 2 is 1.62 bits per heavy atom. The summed E-state index contributed by atoms with van der Waals surface area (Å²) in [6, 6.07) is 0. The van der Waals surface area contributed by atoms with Gasteiger partial charge in [0.1, 0.15) is 5.41 Å². The molecule has 0 radical (unpaired) electrons. The van der Waals surface area contributed by atoms with E-state index < -0.39 is 17.2 Å². The van der Waals surface area contributed by atoms with E-state index in [-0.39, 0.29) is 0 Å². The number of unbranched alkanes of at least 4 members (excludes halogenated alkanes) is 1. The quantitative estimate of drug-likeness (QED) is 0.593. The summed E-state index contributed by atoms with van der Waals surface area (Å²) in [4.78, 5) is 22.2. The number of carbonyl (C=O) groups excluding carboxylic acids is 2. The first kappa shape index (κ1) is 11.9. The van der Waals surface area contributed by atoms with Crippen LogP contribution in [-0.4, -0.2) is 11.8 Å². The summed E-state index contributed by atoms with van der Waals surface area (Å²) >= 11 is 0. The van der Waals surface area contributed by atoms with Gasteiger partial charge in [-0.15, -0.1) is 0 Å². The summed E-state index contributed by atoms with van der Waals surface area (Å²) in [6.07, 6.45) is 2.56. The average molecular weight is 186 g/mol. The molecule has 0 aliphatic rings. The summed E-state index contributed by atoms with van der Waals surface area (Å²) in [5.74, 6) is -1.20. The normalized spacial score (nSPS) is 11.2. The Labute approximate surface area is 78.7 Å². The van der Waals surface area contributed by atoms with Gasteiger partial charge in [0.2, 0.25) is 11.8 Å². The molecule has 0 aliphatic heterocycles. The highest BCUT2D eigenvalue weighted by Crippen LogP contribution is 2.27. The lowest BCUT2D eigenvalue weighted by molar-refractivity contribution is -0.140. The Hall–Kier alpha value is -1.06. The van der Waals surface area contributed by atoms with Crippen LogP contribution in [0.4, 0.5) is 0 Å². The van der Waals surface area contributed by atoms with Crippen LogP contribution in [0.1, 0.15) is 39.5 Å². The first-order valence-electron chi connectivity index (χ1n) is 4.61. The first-order valence-corrected chi connectivity index (χ1v) is 4.61. The fourth-order valence-electron chi connectivity index (χ4n) is 1.37. The third-order valence-corrected chi connectivity index (χ3v) is 2.50. The second-order valence-corrected chi connectivity index (χ2v) is 3.27. The SMILES string of the molecule is CCCCC(CC)(C(N)=O)C(N)=O.